The highest BCUT2D eigenvalue weighted by Crippen LogP contribution is 2.35. The van der Waals surface area contributed by atoms with Crippen LogP contribution in [0.1, 0.15) is 79.7 Å². The Kier molecular flexibility index (Phi) is 10.1. The van der Waals surface area contributed by atoms with Crippen LogP contribution in [0.15, 0.2) is 52.9 Å². The molecule has 226 valence electrons. The topological polar surface area (TPSA) is 107 Å². The first kappa shape index (κ1) is 31.7. The zero-order valence-electron chi connectivity index (χ0n) is 25.3. The average Bonchev–Trinajstić information content (AvgIpc) is 3.38. The highest BCUT2D eigenvalue weighted by molar-refractivity contribution is 7.98. The number of amides is 2. The number of aromatic amines is 1. The Labute approximate surface area is 251 Å². The number of benzene rings is 1. The van der Waals surface area contributed by atoms with Crippen LogP contribution in [0.2, 0.25) is 0 Å². The Balaban J connectivity index is 1.45. The van der Waals surface area contributed by atoms with E-state index in [0.717, 1.165) is 35.2 Å². The van der Waals surface area contributed by atoms with Crippen molar-refractivity contribution in [2.24, 2.45) is 0 Å². The quantitative estimate of drug-likeness (QED) is 0.363. The number of halogens is 1. The predicted molar refractivity (Wildman–Crippen MR) is 166 cm³/mol. The minimum Gasteiger partial charge on any atom is -0.343 e. The van der Waals surface area contributed by atoms with Gasteiger partial charge in [-0.05, 0) is 89.3 Å². The molecule has 0 saturated carbocycles. The number of H-pyrrole nitrogens is 1. The molecule has 1 aromatic carbocycles. The van der Waals surface area contributed by atoms with Crippen LogP contribution in [0.4, 0.5) is 4.39 Å². The van der Waals surface area contributed by atoms with E-state index in [1.54, 1.807) is 36.2 Å². The van der Waals surface area contributed by atoms with Crippen LogP contribution < -0.4 is 15.6 Å². The van der Waals surface area contributed by atoms with Gasteiger partial charge in [-0.3, -0.25) is 19.1 Å². The molecular weight excluding hydrogens is 553 g/mol. The van der Waals surface area contributed by atoms with E-state index in [4.69, 9.17) is 0 Å². The molecule has 1 unspecified atom stereocenters. The van der Waals surface area contributed by atoms with Gasteiger partial charge in [-0.15, -0.1) is 0 Å². The second-order valence-corrected chi connectivity index (χ2v) is 14.0. The van der Waals surface area contributed by atoms with Crippen molar-refractivity contribution < 1.29 is 14.0 Å². The molecule has 8 nitrogen and oxygen atoms in total. The van der Waals surface area contributed by atoms with E-state index < -0.39 is 6.17 Å². The third kappa shape index (κ3) is 7.98. The van der Waals surface area contributed by atoms with Gasteiger partial charge in [0.1, 0.15) is 6.17 Å². The molecule has 2 aliphatic rings. The highest BCUT2D eigenvalue weighted by Gasteiger charge is 2.41. The summed E-state index contributed by atoms with van der Waals surface area (Å²) < 4.78 is 17.8. The first-order valence-electron chi connectivity index (χ1n) is 14.5. The molecule has 1 saturated heterocycles. The third-order valence-electron chi connectivity index (χ3n) is 7.73. The Morgan fingerprint density at radius 2 is 1.95 bits per heavy atom. The molecule has 1 aliphatic carbocycles. The fraction of sp³-hybridized carbons (Fsp3) is 0.500. The van der Waals surface area contributed by atoms with Crippen LogP contribution in [-0.4, -0.2) is 62.5 Å². The van der Waals surface area contributed by atoms with Crippen molar-refractivity contribution >= 4 is 23.8 Å². The number of rotatable bonds is 9. The Morgan fingerprint density at radius 1 is 1.19 bits per heavy atom. The van der Waals surface area contributed by atoms with Gasteiger partial charge in [0.25, 0.3) is 11.5 Å². The lowest BCUT2D eigenvalue weighted by atomic mass is 9.95. The Hall–Kier alpha value is -3.24. The van der Waals surface area contributed by atoms with E-state index in [2.05, 4.69) is 47.9 Å². The van der Waals surface area contributed by atoms with Crippen LogP contribution in [0.25, 0.3) is 0 Å². The number of aromatic nitrogens is 2. The molecule has 10 heteroatoms. The smallest absolute Gasteiger partial charge is 0.267 e. The van der Waals surface area contributed by atoms with Crippen molar-refractivity contribution in [3.63, 3.8) is 0 Å². The van der Waals surface area contributed by atoms with E-state index >= 15 is 0 Å². The summed E-state index contributed by atoms with van der Waals surface area (Å²) in [4.78, 5) is 40.8. The summed E-state index contributed by atoms with van der Waals surface area (Å²) in [6.07, 6.45) is 6.39. The maximum Gasteiger partial charge on any atom is 0.267 e. The number of likely N-dealkylation sites (tertiary alicyclic amines) is 1. The van der Waals surface area contributed by atoms with Gasteiger partial charge in [0.05, 0.1) is 18.3 Å². The Bertz CT molecular complexity index is 1430. The number of nitrogens with zero attached hydrogens (tertiary/aromatic N) is 2. The summed E-state index contributed by atoms with van der Waals surface area (Å²) in [7, 11) is 0. The van der Waals surface area contributed by atoms with Crippen molar-refractivity contribution in [1.29, 1.82) is 0 Å². The maximum absolute atomic E-state index is 14.3. The lowest BCUT2D eigenvalue weighted by Gasteiger charge is -2.36. The minimum atomic E-state index is -1.06. The summed E-state index contributed by atoms with van der Waals surface area (Å²) in [5.41, 5.74) is 4.25. The molecule has 1 aliphatic heterocycles. The number of carbonyl (C=O) groups is 2. The molecule has 3 N–H and O–H groups in total. The van der Waals surface area contributed by atoms with Gasteiger partial charge in [0, 0.05) is 40.8 Å². The van der Waals surface area contributed by atoms with Crippen LogP contribution in [0, 0.1) is 13.8 Å². The number of alkyl halides is 1. The maximum atomic E-state index is 14.3. The van der Waals surface area contributed by atoms with Gasteiger partial charge < -0.3 is 10.2 Å². The monoisotopic (exact) mass is 595 g/mol. The predicted octanol–water partition coefficient (Wildman–Crippen LogP) is 4.72. The fourth-order valence-electron chi connectivity index (χ4n) is 5.59. The van der Waals surface area contributed by atoms with E-state index in [-0.39, 0.29) is 53.2 Å². The molecule has 2 aromatic rings. The van der Waals surface area contributed by atoms with Crippen molar-refractivity contribution in [3.05, 3.63) is 86.4 Å². The summed E-state index contributed by atoms with van der Waals surface area (Å²) in [6.45, 7) is 12.0. The second-order valence-electron chi connectivity index (χ2n) is 12.3. The van der Waals surface area contributed by atoms with Gasteiger partial charge in [0.2, 0.25) is 5.91 Å². The van der Waals surface area contributed by atoms with Crippen molar-refractivity contribution in [3.8, 4) is 0 Å². The van der Waals surface area contributed by atoms with Gasteiger partial charge >= 0.3 is 0 Å². The van der Waals surface area contributed by atoms with E-state index in [0.29, 0.717) is 17.5 Å². The second kappa shape index (κ2) is 13.4. The minimum absolute atomic E-state index is 0.00592. The molecule has 0 radical (unpaired) electrons. The van der Waals surface area contributed by atoms with Crippen molar-refractivity contribution in [1.82, 2.24) is 25.1 Å². The van der Waals surface area contributed by atoms with E-state index in [1.807, 2.05) is 30.9 Å². The van der Waals surface area contributed by atoms with Gasteiger partial charge in [-0.2, -0.15) is 5.10 Å². The van der Waals surface area contributed by atoms with Crippen LogP contribution in [0.3, 0.4) is 0 Å². The largest absolute Gasteiger partial charge is 0.343 e. The van der Waals surface area contributed by atoms with Crippen molar-refractivity contribution in [2.75, 3.05) is 6.54 Å². The van der Waals surface area contributed by atoms with E-state index in [1.165, 1.54) is 6.08 Å². The van der Waals surface area contributed by atoms with E-state index in [9.17, 15) is 18.8 Å². The zero-order chi connectivity index (χ0) is 30.6. The standard InChI is InChI=1S/C32H42FN5O3S/c1-19-14-24(11-10-22(19)16-25-15-20(2)35-36-31(25)41)30(40)34-18-29(39)38-27(21(3)37-42-32(4,5)6)12-13-28(38)23-8-7-9-26(33)17-23/h7-11,14-15,21,26-28,37H,12-13,16-18H2,1-6H3,(H,34,40)(H,36,41)/t21-,26?,27+,28-/m0/s1. The molecule has 0 bridgehead atoms. The summed E-state index contributed by atoms with van der Waals surface area (Å²) >= 11 is 1.63. The average molecular weight is 596 g/mol. The lowest BCUT2D eigenvalue weighted by molar-refractivity contribution is -0.132. The third-order valence-corrected chi connectivity index (χ3v) is 8.83. The number of hydrogen-bond donors (Lipinski definition) is 3. The summed E-state index contributed by atoms with van der Waals surface area (Å²) in [6, 6.07) is 6.80. The highest BCUT2D eigenvalue weighted by atomic mass is 32.2. The summed E-state index contributed by atoms with van der Waals surface area (Å²) in [5.74, 6) is -0.530. The molecule has 1 aromatic heterocycles. The molecule has 4 atom stereocenters. The lowest BCUT2D eigenvalue weighted by Crippen LogP contribution is -2.52. The Morgan fingerprint density at radius 3 is 2.64 bits per heavy atom. The molecular formula is C32H42FN5O3S. The molecule has 2 heterocycles. The molecule has 4 rings (SSSR count). The molecule has 1 fully saturated rings. The molecule has 2 amide bonds. The van der Waals surface area contributed by atoms with Gasteiger partial charge in [-0.1, -0.05) is 36.2 Å². The first-order valence-corrected chi connectivity index (χ1v) is 15.3. The summed E-state index contributed by atoms with van der Waals surface area (Å²) in [5, 5.41) is 9.23. The molecule has 0 spiro atoms. The van der Waals surface area contributed by atoms with Gasteiger partial charge in [-0.25, -0.2) is 9.49 Å². The SMILES string of the molecule is Cc1cc(Cc2ccc(C(=O)NCC(=O)N3[C@@H]([C@H](C)NSC(C)(C)C)CC[C@H]3C3=CC=CC(F)C3)cc2C)c(=O)[nH]n1. The zero-order valence-corrected chi connectivity index (χ0v) is 26.1. The van der Waals surface area contributed by atoms with Crippen molar-refractivity contribution in [2.45, 2.75) is 96.3 Å². The fourth-order valence-corrected chi connectivity index (χ4v) is 6.29. The number of hydrogen-bond acceptors (Lipinski definition) is 6. The van der Waals surface area contributed by atoms with Crippen LogP contribution in [-0.2, 0) is 11.2 Å². The van der Waals surface area contributed by atoms with Crippen LogP contribution >= 0.6 is 11.9 Å². The number of carbonyl (C=O) groups excluding carboxylic acids is 2. The first-order chi connectivity index (χ1) is 19.8. The number of nitrogens with one attached hydrogen (secondary N) is 3. The number of allylic oxidation sites excluding steroid dienone is 3. The molecule has 42 heavy (non-hydrogen) atoms. The normalized spacial score (nSPS) is 21.3. The van der Waals surface area contributed by atoms with Crippen LogP contribution in [0.5, 0.6) is 0 Å². The van der Waals surface area contributed by atoms with Gasteiger partial charge in [0.15, 0.2) is 0 Å². The number of aryl methyl sites for hydroxylation is 2.